The Morgan fingerprint density at radius 2 is 2.15 bits per heavy atom. The van der Waals surface area contributed by atoms with E-state index >= 15 is 0 Å². The zero-order valence-electron chi connectivity index (χ0n) is 12.1. The molecule has 0 heterocycles. The Morgan fingerprint density at radius 1 is 1.45 bits per heavy atom. The normalized spacial score (nSPS) is 10.9. The van der Waals surface area contributed by atoms with Gasteiger partial charge in [-0.1, -0.05) is 11.8 Å². The van der Waals surface area contributed by atoms with E-state index in [0.717, 1.165) is 11.1 Å². The summed E-state index contributed by atoms with van der Waals surface area (Å²) in [5, 5.41) is 8.80. The van der Waals surface area contributed by atoms with Crippen LogP contribution in [-0.4, -0.2) is 30.9 Å². The molecule has 1 unspecified atom stereocenters. The standard InChI is InChI=1S/C16H19N3O/c1-12-7-14(5-4-6-17)9-15(8-12)16(20)19(3)11-13(2)10-18/h7-9,13H,6,11,17H2,1-3H3. The Hall–Kier alpha value is -2.30. The van der Waals surface area contributed by atoms with E-state index in [4.69, 9.17) is 11.0 Å². The van der Waals surface area contributed by atoms with Gasteiger partial charge in [0.05, 0.1) is 18.5 Å². The largest absolute Gasteiger partial charge is 0.340 e. The molecule has 1 atom stereocenters. The van der Waals surface area contributed by atoms with Crippen molar-refractivity contribution >= 4 is 5.91 Å². The van der Waals surface area contributed by atoms with Gasteiger partial charge in [0.25, 0.3) is 5.91 Å². The van der Waals surface area contributed by atoms with E-state index in [9.17, 15) is 4.79 Å². The van der Waals surface area contributed by atoms with Crippen molar-refractivity contribution in [1.29, 1.82) is 5.26 Å². The maximum atomic E-state index is 12.3. The first-order valence-electron chi connectivity index (χ1n) is 6.43. The van der Waals surface area contributed by atoms with Crippen molar-refractivity contribution in [2.75, 3.05) is 20.1 Å². The highest BCUT2D eigenvalue weighted by atomic mass is 16.2. The monoisotopic (exact) mass is 269 g/mol. The lowest BCUT2D eigenvalue weighted by atomic mass is 10.1. The molecule has 4 heteroatoms. The van der Waals surface area contributed by atoms with Gasteiger partial charge in [-0.05, 0) is 37.6 Å². The van der Waals surface area contributed by atoms with Crippen molar-refractivity contribution in [2.24, 2.45) is 11.7 Å². The molecule has 0 saturated heterocycles. The average molecular weight is 269 g/mol. The molecule has 0 aliphatic heterocycles. The predicted octanol–water partition coefficient (Wildman–Crippen LogP) is 1.54. The molecular weight excluding hydrogens is 250 g/mol. The SMILES string of the molecule is Cc1cc(C#CCN)cc(C(=O)N(C)CC(C)C#N)c1. The molecule has 0 fully saturated rings. The second-order valence-corrected chi connectivity index (χ2v) is 4.81. The maximum absolute atomic E-state index is 12.3. The number of benzene rings is 1. The highest BCUT2D eigenvalue weighted by Gasteiger charge is 2.15. The lowest BCUT2D eigenvalue weighted by Crippen LogP contribution is -2.30. The van der Waals surface area contributed by atoms with Crippen LogP contribution in [0.4, 0.5) is 0 Å². The summed E-state index contributed by atoms with van der Waals surface area (Å²) in [6, 6.07) is 7.62. The number of rotatable bonds is 3. The van der Waals surface area contributed by atoms with Crippen LogP contribution in [-0.2, 0) is 0 Å². The second kappa shape index (κ2) is 7.33. The number of amides is 1. The fourth-order valence-electron chi connectivity index (χ4n) is 1.89. The predicted molar refractivity (Wildman–Crippen MR) is 78.8 cm³/mol. The zero-order chi connectivity index (χ0) is 15.1. The number of carbonyl (C=O) groups excluding carboxylic acids is 1. The van der Waals surface area contributed by atoms with Crippen LogP contribution < -0.4 is 5.73 Å². The van der Waals surface area contributed by atoms with Gasteiger partial charge < -0.3 is 10.6 Å². The molecule has 1 amide bonds. The topological polar surface area (TPSA) is 70.1 Å². The summed E-state index contributed by atoms with van der Waals surface area (Å²) >= 11 is 0. The number of nitrogens with zero attached hydrogens (tertiary/aromatic N) is 2. The molecule has 1 aromatic rings. The molecule has 2 N–H and O–H groups in total. The fourth-order valence-corrected chi connectivity index (χ4v) is 1.89. The summed E-state index contributed by atoms with van der Waals surface area (Å²) in [6.45, 7) is 4.41. The van der Waals surface area contributed by atoms with Gasteiger partial charge in [-0.3, -0.25) is 4.79 Å². The minimum absolute atomic E-state index is 0.105. The first-order valence-corrected chi connectivity index (χ1v) is 6.43. The second-order valence-electron chi connectivity index (χ2n) is 4.81. The van der Waals surface area contributed by atoms with E-state index in [2.05, 4.69) is 17.9 Å². The van der Waals surface area contributed by atoms with Crippen LogP contribution in [0.3, 0.4) is 0 Å². The van der Waals surface area contributed by atoms with Crippen molar-refractivity contribution in [3.8, 4) is 17.9 Å². The van der Waals surface area contributed by atoms with Crippen LogP contribution in [0.1, 0.15) is 28.4 Å². The Labute approximate surface area is 120 Å². The van der Waals surface area contributed by atoms with Gasteiger partial charge >= 0.3 is 0 Å². The molecule has 104 valence electrons. The summed E-state index contributed by atoms with van der Waals surface area (Å²) in [4.78, 5) is 13.9. The molecule has 20 heavy (non-hydrogen) atoms. The van der Waals surface area contributed by atoms with Crippen LogP contribution >= 0.6 is 0 Å². The van der Waals surface area contributed by atoms with Crippen LogP contribution in [0.15, 0.2) is 18.2 Å². The molecule has 0 aliphatic rings. The van der Waals surface area contributed by atoms with E-state index in [1.165, 1.54) is 0 Å². The molecule has 4 nitrogen and oxygen atoms in total. The summed E-state index contributed by atoms with van der Waals surface area (Å²) in [7, 11) is 1.70. The minimum Gasteiger partial charge on any atom is -0.340 e. The molecule has 0 aromatic heterocycles. The minimum atomic E-state index is -0.190. The van der Waals surface area contributed by atoms with Crippen molar-refractivity contribution in [3.63, 3.8) is 0 Å². The maximum Gasteiger partial charge on any atom is 0.253 e. The van der Waals surface area contributed by atoms with Crippen LogP contribution in [0.5, 0.6) is 0 Å². The van der Waals surface area contributed by atoms with Gasteiger partial charge in [-0.25, -0.2) is 0 Å². The number of aryl methyl sites for hydroxylation is 1. The molecule has 0 saturated carbocycles. The third-order valence-electron chi connectivity index (χ3n) is 2.77. The van der Waals surface area contributed by atoms with Crippen LogP contribution in [0, 0.1) is 36.0 Å². The molecule has 1 aromatic carbocycles. The molecular formula is C16H19N3O. The summed E-state index contributed by atoms with van der Waals surface area (Å²) < 4.78 is 0. The van der Waals surface area contributed by atoms with E-state index in [-0.39, 0.29) is 18.4 Å². The Bertz CT molecular complexity index is 590. The number of hydrogen-bond donors (Lipinski definition) is 1. The molecule has 1 rings (SSSR count). The fraction of sp³-hybridized carbons (Fsp3) is 0.375. The van der Waals surface area contributed by atoms with Crippen molar-refractivity contribution in [2.45, 2.75) is 13.8 Å². The lowest BCUT2D eigenvalue weighted by Gasteiger charge is -2.18. The van der Waals surface area contributed by atoms with Crippen LogP contribution in [0.25, 0.3) is 0 Å². The highest BCUT2D eigenvalue weighted by molar-refractivity contribution is 5.94. The van der Waals surface area contributed by atoms with Gasteiger partial charge in [-0.15, -0.1) is 0 Å². The molecule has 0 radical (unpaired) electrons. The van der Waals surface area contributed by atoms with Crippen LogP contribution in [0.2, 0.25) is 0 Å². The van der Waals surface area contributed by atoms with Gasteiger partial charge in [0.1, 0.15) is 0 Å². The van der Waals surface area contributed by atoms with Crippen molar-refractivity contribution in [1.82, 2.24) is 4.90 Å². The average Bonchev–Trinajstić information content (AvgIpc) is 2.43. The zero-order valence-corrected chi connectivity index (χ0v) is 12.1. The number of carbonyl (C=O) groups is 1. The third-order valence-corrected chi connectivity index (χ3v) is 2.77. The van der Waals surface area contributed by atoms with Gasteiger partial charge in [-0.2, -0.15) is 5.26 Å². The smallest absolute Gasteiger partial charge is 0.253 e. The Balaban J connectivity index is 2.98. The number of nitriles is 1. The van der Waals surface area contributed by atoms with E-state index in [1.54, 1.807) is 24.9 Å². The number of nitrogens with two attached hydrogens (primary N) is 1. The summed E-state index contributed by atoms with van der Waals surface area (Å²) in [5.74, 6) is 5.42. The molecule has 0 spiro atoms. The molecule has 0 bridgehead atoms. The first kappa shape index (κ1) is 15.8. The van der Waals surface area contributed by atoms with E-state index < -0.39 is 0 Å². The Kier molecular flexibility index (Phi) is 5.77. The van der Waals surface area contributed by atoms with Crippen molar-refractivity contribution < 1.29 is 4.79 Å². The van der Waals surface area contributed by atoms with E-state index in [1.807, 2.05) is 19.1 Å². The lowest BCUT2D eigenvalue weighted by molar-refractivity contribution is 0.0785. The summed E-state index contributed by atoms with van der Waals surface area (Å²) in [5.41, 5.74) is 7.68. The van der Waals surface area contributed by atoms with Crippen molar-refractivity contribution in [3.05, 3.63) is 34.9 Å². The third kappa shape index (κ3) is 4.42. The molecule has 0 aliphatic carbocycles. The van der Waals surface area contributed by atoms with Gasteiger partial charge in [0.15, 0.2) is 0 Å². The number of hydrogen-bond acceptors (Lipinski definition) is 3. The quantitative estimate of drug-likeness (QED) is 0.846. The summed E-state index contributed by atoms with van der Waals surface area (Å²) in [6.07, 6.45) is 0. The van der Waals surface area contributed by atoms with Gasteiger partial charge in [0.2, 0.25) is 0 Å². The van der Waals surface area contributed by atoms with E-state index in [0.29, 0.717) is 12.1 Å². The Morgan fingerprint density at radius 3 is 2.75 bits per heavy atom. The van der Waals surface area contributed by atoms with Gasteiger partial charge in [0, 0.05) is 24.7 Å². The first-order chi connectivity index (χ1) is 9.47. The highest BCUT2D eigenvalue weighted by Crippen LogP contribution is 2.12.